The molecule has 0 aliphatic carbocycles. The van der Waals surface area contributed by atoms with Crippen molar-refractivity contribution in [3.05, 3.63) is 52.2 Å². The van der Waals surface area contributed by atoms with Crippen molar-refractivity contribution in [3.8, 4) is 0 Å². The van der Waals surface area contributed by atoms with Gasteiger partial charge in [-0.1, -0.05) is 32.0 Å². The Morgan fingerprint density at radius 1 is 1.23 bits per heavy atom. The molecule has 0 saturated carbocycles. The van der Waals surface area contributed by atoms with Gasteiger partial charge in [0.15, 0.2) is 0 Å². The number of amides is 2. The van der Waals surface area contributed by atoms with E-state index in [2.05, 4.69) is 15.8 Å². The van der Waals surface area contributed by atoms with Crippen molar-refractivity contribution in [2.75, 3.05) is 6.26 Å². The summed E-state index contributed by atoms with van der Waals surface area (Å²) < 4.78 is 0. The number of hydrazone groups is 1. The Hall–Kier alpha value is -2.12. The minimum atomic E-state index is -0.626. The lowest BCUT2D eigenvalue weighted by Crippen LogP contribution is -2.49. The zero-order valence-electron chi connectivity index (χ0n) is 15.1. The van der Waals surface area contributed by atoms with Gasteiger partial charge in [0.2, 0.25) is 5.91 Å². The molecule has 0 saturated heterocycles. The van der Waals surface area contributed by atoms with Crippen molar-refractivity contribution in [2.45, 2.75) is 31.2 Å². The summed E-state index contributed by atoms with van der Waals surface area (Å²) >= 11 is 3.19. The van der Waals surface area contributed by atoms with E-state index in [-0.39, 0.29) is 24.2 Å². The molecular weight excluding hydrogens is 366 g/mol. The molecule has 0 aliphatic rings. The van der Waals surface area contributed by atoms with E-state index in [1.54, 1.807) is 18.0 Å². The third-order valence-corrected chi connectivity index (χ3v) is 5.30. The van der Waals surface area contributed by atoms with Crippen LogP contribution in [0.3, 0.4) is 0 Å². The first-order valence-corrected chi connectivity index (χ1v) is 10.4. The molecule has 2 rings (SSSR count). The molecule has 2 N–H and O–H groups in total. The largest absolute Gasteiger partial charge is 0.344 e. The van der Waals surface area contributed by atoms with Crippen LogP contribution < -0.4 is 10.7 Å². The summed E-state index contributed by atoms with van der Waals surface area (Å²) in [4.78, 5) is 26.7. The van der Waals surface area contributed by atoms with E-state index in [1.165, 1.54) is 16.2 Å². The number of thiophene rings is 1. The Labute approximate surface area is 162 Å². The molecule has 0 aliphatic heterocycles. The third kappa shape index (κ3) is 6.31. The van der Waals surface area contributed by atoms with Crippen molar-refractivity contribution < 1.29 is 9.59 Å². The van der Waals surface area contributed by atoms with Gasteiger partial charge in [-0.25, -0.2) is 5.43 Å². The number of thioether (sulfide) groups is 1. The highest BCUT2D eigenvalue weighted by molar-refractivity contribution is 7.98. The average molecular weight is 390 g/mol. The predicted molar refractivity (Wildman–Crippen MR) is 109 cm³/mol. The summed E-state index contributed by atoms with van der Waals surface area (Å²) in [6.45, 7) is 3.78. The molecule has 0 unspecified atom stereocenters. The van der Waals surface area contributed by atoms with E-state index in [4.69, 9.17) is 0 Å². The number of nitrogens with zero attached hydrogens (tertiary/aromatic N) is 1. The van der Waals surface area contributed by atoms with Crippen LogP contribution in [0.15, 0.2) is 51.8 Å². The Bertz CT molecular complexity index is 741. The summed E-state index contributed by atoms with van der Waals surface area (Å²) in [5.74, 6) is -0.534. The van der Waals surface area contributed by atoms with Gasteiger partial charge in [-0.15, -0.1) is 23.1 Å². The van der Waals surface area contributed by atoms with Crippen LogP contribution in [0.4, 0.5) is 0 Å². The van der Waals surface area contributed by atoms with Crippen molar-refractivity contribution in [3.63, 3.8) is 0 Å². The van der Waals surface area contributed by atoms with E-state index in [0.717, 1.165) is 10.4 Å². The van der Waals surface area contributed by atoms with Crippen LogP contribution in [-0.2, 0) is 16.0 Å². The zero-order valence-corrected chi connectivity index (χ0v) is 16.7. The third-order valence-electron chi connectivity index (χ3n) is 3.68. The van der Waals surface area contributed by atoms with Crippen molar-refractivity contribution in [1.82, 2.24) is 10.7 Å². The van der Waals surface area contributed by atoms with Gasteiger partial charge in [0.05, 0.1) is 12.6 Å². The summed E-state index contributed by atoms with van der Waals surface area (Å²) in [6.07, 6.45) is 3.88. The van der Waals surface area contributed by atoms with Gasteiger partial charge in [0.1, 0.15) is 6.04 Å². The molecule has 5 nitrogen and oxygen atoms in total. The SMILES string of the molecule is CSc1ccc(/C=N\NC(=O)[C@H](NC(=O)Cc2cccs2)C(C)C)cc1. The molecule has 2 amide bonds. The number of rotatable bonds is 8. The monoisotopic (exact) mass is 389 g/mol. The van der Waals surface area contributed by atoms with Gasteiger partial charge in [0.25, 0.3) is 5.91 Å². The van der Waals surface area contributed by atoms with Crippen LogP contribution in [0.25, 0.3) is 0 Å². The van der Waals surface area contributed by atoms with Gasteiger partial charge < -0.3 is 5.32 Å². The minimum Gasteiger partial charge on any atom is -0.344 e. The fourth-order valence-electron chi connectivity index (χ4n) is 2.26. The first-order chi connectivity index (χ1) is 12.5. The lowest BCUT2D eigenvalue weighted by Gasteiger charge is -2.20. The standard InChI is InChI=1S/C19H23N3O2S2/c1-13(2)18(21-17(23)11-16-5-4-10-26-16)19(24)22-20-12-14-6-8-15(25-3)9-7-14/h4-10,12-13,18H,11H2,1-3H3,(H,21,23)(H,22,24)/b20-12-/t18-/m1/s1. The molecule has 1 aromatic heterocycles. The molecule has 0 bridgehead atoms. The highest BCUT2D eigenvalue weighted by atomic mass is 32.2. The maximum absolute atomic E-state index is 12.4. The molecule has 0 radical (unpaired) electrons. The Morgan fingerprint density at radius 2 is 1.96 bits per heavy atom. The molecule has 26 heavy (non-hydrogen) atoms. The van der Waals surface area contributed by atoms with E-state index in [9.17, 15) is 9.59 Å². The minimum absolute atomic E-state index is 0.0432. The Morgan fingerprint density at radius 3 is 2.54 bits per heavy atom. The highest BCUT2D eigenvalue weighted by Crippen LogP contribution is 2.14. The second kappa shape index (κ2) is 10.1. The number of hydrogen-bond donors (Lipinski definition) is 2. The van der Waals surface area contributed by atoms with Gasteiger partial charge in [-0.3, -0.25) is 9.59 Å². The molecule has 2 aromatic rings. The molecule has 1 aromatic carbocycles. The van der Waals surface area contributed by atoms with E-state index < -0.39 is 6.04 Å². The first-order valence-electron chi connectivity index (χ1n) is 8.28. The smallest absolute Gasteiger partial charge is 0.262 e. The zero-order chi connectivity index (χ0) is 18.9. The van der Waals surface area contributed by atoms with Gasteiger partial charge >= 0.3 is 0 Å². The van der Waals surface area contributed by atoms with Crippen LogP contribution in [-0.4, -0.2) is 30.3 Å². The molecule has 0 fully saturated rings. The maximum Gasteiger partial charge on any atom is 0.262 e. The van der Waals surface area contributed by atoms with Gasteiger partial charge in [-0.2, -0.15) is 5.10 Å². The van der Waals surface area contributed by atoms with Crippen molar-refractivity contribution >= 4 is 41.1 Å². The van der Waals surface area contributed by atoms with Crippen molar-refractivity contribution in [1.29, 1.82) is 0 Å². The lowest BCUT2D eigenvalue weighted by molar-refractivity contribution is -0.129. The molecule has 1 heterocycles. The Kier molecular flexibility index (Phi) is 7.87. The number of nitrogens with one attached hydrogen (secondary N) is 2. The summed E-state index contributed by atoms with van der Waals surface area (Å²) in [7, 11) is 0. The predicted octanol–water partition coefficient (Wildman–Crippen LogP) is 3.30. The quantitative estimate of drug-likeness (QED) is 0.413. The Balaban J connectivity index is 1.90. The number of hydrogen-bond acceptors (Lipinski definition) is 5. The number of carbonyl (C=O) groups is 2. The second-order valence-electron chi connectivity index (χ2n) is 6.05. The normalized spacial score (nSPS) is 12.3. The fourth-order valence-corrected chi connectivity index (χ4v) is 3.37. The van der Waals surface area contributed by atoms with E-state index in [1.807, 2.05) is 61.9 Å². The molecule has 0 spiro atoms. The topological polar surface area (TPSA) is 70.6 Å². The highest BCUT2D eigenvalue weighted by Gasteiger charge is 2.24. The van der Waals surface area contributed by atoms with E-state index in [0.29, 0.717) is 0 Å². The second-order valence-corrected chi connectivity index (χ2v) is 7.96. The fraction of sp³-hybridized carbons (Fsp3) is 0.316. The summed E-state index contributed by atoms with van der Waals surface area (Å²) in [5, 5.41) is 8.73. The maximum atomic E-state index is 12.4. The molecule has 138 valence electrons. The van der Waals surface area contributed by atoms with Crippen LogP contribution in [0.2, 0.25) is 0 Å². The summed E-state index contributed by atoms with van der Waals surface area (Å²) in [6, 6.07) is 11.0. The van der Waals surface area contributed by atoms with Gasteiger partial charge in [0, 0.05) is 9.77 Å². The van der Waals surface area contributed by atoms with Crippen LogP contribution in [0.1, 0.15) is 24.3 Å². The first kappa shape index (κ1) is 20.2. The number of carbonyl (C=O) groups excluding carboxylic acids is 2. The van der Waals surface area contributed by atoms with E-state index >= 15 is 0 Å². The average Bonchev–Trinajstić information content (AvgIpc) is 3.12. The van der Waals surface area contributed by atoms with Crippen LogP contribution in [0.5, 0.6) is 0 Å². The molecule has 1 atom stereocenters. The van der Waals surface area contributed by atoms with Crippen LogP contribution >= 0.6 is 23.1 Å². The molecule has 7 heteroatoms. The van der Waals surface area contributed by atoms with Crippen LogP contribution in [0, 0.1) is 5.92 Å². The van der Waals surface area contributed by atoms with Gasteiger partial charge in [-0.05, 0) is 41.3 Å². The van der Waals surface area contributed by atoms with Crippen molar-refractivity contribution in [2.24, 2.45) is 11.0 Å². The lowest BCUT2D eigenvalue weighted by atomic mass is 10.0. The number of benzene rings is 1. The summed E-state index contributed by atoms with van der Waals surface area (Å²) in [5.41, 5.74) is 3.41. The molecular formula is C19H23N3O2S2.